The number of hydrogen-bond donors (Lipinski definition) is 1. The molecular weight excluding hydrogens is 281 g/mol. The highest BCUT2D eigenvalue weighted by molar-refractivity contribution is 5.57. The van der Waals surface area contributed by atoms with E-state index in [1.54, 1.807) is 11.0 Å². The van der Waals surface area contributed by atoms with Crippen LogP contribution in [0.3, 0.4) is 0 Å². The lowest BCUT2D eigenvalue weighted by Gasteiger charge is -2.41. The van der Waals surface area contributed by atoms with Crippen molar-refractivity contribution < 1.29 is 18.3 Å². The van der Waals surface area contributed by atoms with Gasteiger partial charge in [-0.05, 0) is 31.2 Å². The fourth-order valence-electron chi connectivity index (χ4n) is 2.87. The van der Waals surface area contributed by atoms with Crippen LogP contribution in [0.25, 0.3) is 0 Å². The Morgan fingerprint density at radius 2 is 2.00 bits per heavy atom. The molecule has 0 amide bonds. The minimum Gasteiger partial charge on any atom is -0.392 e. The van der Waals surface area contributed by atoms with Gasteiger partial charge in [0.25, 0.3) is 0 Å². The Labute approximate surface area is 123 Å². The van der Waals surface area contributed by atoms with E-state index in [-0.39, 0.29) is 23.9 Å². The third-order valence-corrected chi connectivity index (χ3v) is 4.06. The maximum atomic E-state index is 13.2. The fraction of sp³-hybridized carbons (Fsp3) is 0.600. The van der Waals surface area contributed by atoms with E-state index in [0.29, 0.717) is 13.1 Å². The van der Waals surface area contributed by atoms with Gasteiger partial charge in [0.15, 0.2) is 0 Å². The van der Waals surface area contributed by atoms with E-state index in [1.807, 2.05) is 6.92 Å². The molecule has 21 heavy (non-hydrogen) atoms. The summed E-state index contributed by atoms with van der Waals surface area (Å²) in [6, 6.07) is 4.30. The van der Waals surface area contributed by atoms with Gasteiger partial charge >= 0.3 is 6.18 Å². The molecule has 1 unspecified atom stereocenters. The van der Waals surface area contributed by atoms with Crippen molar-refractivity contribution in [2.75, 3.05) is 31.1 Å². The summed E-state index contributed by atoms with van der Waals surface area (Å²) in [5, 5.41) is 9.05. The molecule has 2 rings (SSSR count). The van der Waals surface area contributed by atoms with Crippen molar-refractivity contribution in [2.45, 2.75) is 32.7 Å². The molecule has 1 aliphatic rings. The molecule has 0 spiro atoms. The molecule has 0 saturated carbocycles. The van der Waals surface area contributed by atoms with Gasteiger partial charge in [0.05, 0.1) is 12.2 Å². The number of hydrogen-bond acceptors (Lipinski definition) is 3. The number of rotatable bonds is 3. The summed E-state index contributed by atoms with van der Waals surface area (Å²) in [6.45, 7) is 6.54. The zero-order valence-electron chi connectivity index (χ0n) is 12.3. The zero-order chi connectivity index (χ0) is 15.6. The third kappa shape index (κ3) is 3.49. The van der Waals surface area contributed by atoms with Crippen LogP contribution >= 0.6 is 0 Å². The van der Waals surface area contributed by atoms with Gasteiger partial charge in [-0.2, -0.15) is 13.2 Å². The SMILES string of the molecule is CCN1CCN(c2ccc(CO)cc2C(F)(F)F)CC1C. The van der Waals surface area contributed by atoms with Gasteiger partial charge < -0.3 is 10.0 Å². The molecule has 1 N–H and O–H groups in total. The van der Waals surface area contributed by atoms with E-state index in [9.17, 15) is 13.2 Å². The fourth-order valence-corrected chi connectivity index (χ4v) is 2.87. The highest BCUT2D eigenvalue weighted by Gasteiger charge is 2.36. The first-order chi connectivity index (χ1) is 9.86. The molecule has 1 aliphatic heterocycles. The first kappa shape index (κ1) is 16.1. The lowest BCUT2D eigenvalue weighted by molar-refractivity contribution is -0.137. The van der Waals surface area contributed by atoms with Crippen LogP contribution in [0.2, 0.25) is 0 Å². The largest absolute Gasteiger partial charge is 0.418 e. The van der Waals surface area contributed by atoms with Gasteiger partial charge in [-0.3, -0.25) is 4.90 Å². The van der Waals surface area contributed by atoms with E-state index in [2.05, 4.69) is 11.8 Å². The zero-order valence-corrected chi connectivity index (χ0v) is 12.3. The number of piperazine rings is 1. The molecule has 1 aromatic carbocycles. The first-order valence-electron chi connectivity index (χ1n) is 7.16. The van der Waals surface area contributed by atoms with Crippen molar-refractivity contribution >= 4 is 5.69 Å². The number of alkyl halides is 3. The summed E-state index contributed by atoms with van der Waals surface area (Å²) < 4.78 is 39.7. The van der Waals surface area contributed by atoms with Crippen molar-refractivity contribution in [3.8, 4) is 0 Å². The van der Waals surface area contributed by atoms with Crippen LogP contribution in [0.1, 0.15) is 25.0 Å². The van der Waals surface area contributed by atoms with Gasteiger partial charge in [-0.25, -0.2) is 0 Å². The van der Waals surface area contributed by atoms with Crippen LogP contribution in [-0.4, -0.2) is 42.2 Å². The summed E-state index contributed by atoms with van der Waals surface area (Å²) in [6.07, 6.45) is -4.41. The molecule has 6 heteroatoms. The second-order valence-electron chi connectivity index (χ2n) is 5.43. The Hall–Kier alpha value is -1.27. The number of benzene rings is 1. The molecule has 1 atom stereocenters. The van der Waals surface area contributed by atoms with Crippen LogP contribution in [0.15, 0.2) is 18.2 Å². The van der Waals surface area contributed by atoms with Crippen LogP contribution in [0, 0.1) is 0 Å². The number of aliphatic hydroxyl groups is 1. The van der Waals surface area contributed by atoms with Crippen molar-refractivity contribution in [2.24, 2.45) is 0 Å². The molecule has 0 radical (unpaired) electrons. The summed E-state index contributed by atoms with van der Waals surface area (Å²) in [7, 11) is 0. The molecule has 1 fully saturated rings. The third-order valence-electron chi connectivity index (χ3n) is 4.06. The average Bonchev–Trinajstić information content (AvgIpc) is 2.45. The van der Waals surface area contributed by atoms with Gasteiger partial charge in [0.2, 0.25) is 0 Å². The van der Waals surface area contributed by atoms with Crippen molar-refractivity contribution in [3.63, 3.8) is 0 Å². The van der Waals surface area contributed by atoms with Crippen LogP contribution < -0.4 is 4.90 Å². The monoisotopic (exact) mass is 302 g/mol. The highest BCUT2D eigenvalue weighted by Crippen LogP contribution is 2.38. The minimum absolute atomic E-state index is 0.210. The standard InChI is InChI=1S/C15H21F3N2O/c1-3-19-6-7-20(9-11(19)2)14-5-4-12(10-21)8-13(14)15(16,17)18/h4-5,8,11,21H,3,6-7,9-10H2,1-2H3. The summed E-state index contributed by atoms with van der Waals surface area (Å²) in [4.78, 5) is 4.05. The Balaban J connectivity index is 2.31. The molecule has 0 aliphatic carbocycles. The summed E-state index contributed by atoms with van der Waals surface area (Å²) in [5.41, 5.74) is -0.167. The highest BCUT2D eigenvalue weighted by atomic mass is 19.4. The van der Waals surface area contributed by atoms with Gasteiger partial charge in [0, 0.05) is 31.4 Å². The Morgan fingerprint density at radius 3 is 2.52 bits per heavy atom. The molecule has 1 saturated heterocycles. The predicted octanol–water partition coefficient (Wildman–Crippen LogP) is 2.73. The maximum Gasteiger partial charge on any atom is 0.418 e. The molecule has 3 nitrogen and oxygen atoms in total. The van der Waals surface area contributed by atoms with Crippen molar-refractivity contribution in [1.29, 1.82) is 0 Å². The van der Waals surface area contributed by atoms with Crippen molar-refractivity contribution in [3.05, 3.63) is 29.3 Å². The number of nitrogens with zero attached hydrogens (tertiary/aromatic N) is 2. The molecule has 0 aromatic heterocycles. The quantitative estimate of drug-likeness (QED) is 0.930. The lowest BCUT2D eigenvalue weighted by Crippen LogP contribution is -2.52. The number of aliphatic hydroxyl groups excluding tert-OH is 1. The number of likely N-dealkylation sites (N-methyl/N-ethyl adjacent to an activating group) is 1. The second-order valence-corrected chi connectivity index (χ2v) is 5.43. The summed E-state index contributed by atoms with van der Waals surface area (Å²) >= 11 is 0. The van der Waals surface area contributed by atoms with Gasteiger partial charge in [0.1, 0.15) is 0 Å². The Morgan fingerprint density at radius 1 is 1.29 bits per heavy atom. The van der Waals surface area contributed by atoms with Crippen LogP contribution in [-0.2, 0) is 12.8 Å². The Bertz CT molecular complexity index is 490. The van der Waals surface area contributed by atoms with E-state index < -0.39 is 11.7 Å². The van der Waals surface area contributed by atoms with E-state index >= 15 is 0 Å². The van der Waals surface area contributed by atoms with E-state index in [4.69, 9.17) is 5.11 Å². The van der Waals surface area contributed by atoms with Crippen LogP contribution in [0.5, 0.6) is 0 Å². The second kappa shape index (κ2) is 6.23. The van der Waals surface area contributed by atoms with Crippen LogP contribution in [0.4, 0.5) is 18.9 Å². The lowest BCUT2D eigenvalue weighted by atomic mass is 10.1. The average molecular weight is 302 g/mol. The van der Waals surface area contributed by atoms with Gasteiger partial charge in [-0.15, -0.1) is 0 Å². The molecular formula is C15H21F3N2O. The first-order valence-corrected chi connectivity index (χ1v) is 7.16. The normalized spacial score (nSPS) is 20.9. The number of anilines is 1. The number of halogens is 3. The topological polar surface area (TPSA) is 26.7 Å². The van der Waals surface area contributed by atoms with Gasteiger partial charge in [-0.1, -0.05) is 13.0 Å². The van der Waals surface area contributed by atoms with E-state index in [1.165, 1.54) is 6.07 Å². The molecule has 1 aromatic rings. The smallest absolute Gasteiger partial charge is 0.392 e. The van der Waals surface area contributed by atoms with Crippen molar-refractivity contribution in [1.82, 2.24) is 4.90 Å². The summed E-state index contributed by atoms with van der Waals surface area (Å²) in [5.74, 6) is 0. The molecule has 0 bridgehead atoms. The minimum atomic E-state index is -4.41. The predicted molar refractivity (Wildman–Crippen MR) is 76.3 cm³/mol. The maximum absolute atomic E-state index is 13.2. The molecule has 1 heterocycles. The van der Waals surface area contributed by atoms with E-state index in [0.717, 1.165) is 19.2 Å². The molecule has 118 valence electrons. The Kier molecular flexibility index (Phi) is 4.78.